The Morgan fingerprint density at radius 2 is 1.96 bits per heavy atom. The van der Waals surface area contributed by atoms with Crippen molar-refractivity contribution in [3.8, 4) is 11.5 Å². The maximum absolute atomic E-state index is 12.0. The lowest BCUT2D eigenvalue weighted by Crippen LogP contribution is -2.24. The summed E-state index contributed by atoms with van der Waals surface area (Å²) in [5.41, 5.74) is 5.40. The third-order valence-corrected chi connectivity index (χ3v) is 3.91. The molecule has 0 unspecified atom stereocenters. The number of rotatable bonds is 9. The van der Waals surface area contributed by atoms with Crippen LogP contribution in [0.4, 0.5) is 0 Å². The second-order valence-corrected chi connectivity index (χ2v) is 6.40. The number of carbonyl (C=O) groups excluding carboxylic acids is 1. The minimum atomic E-state index is -0.329. The number of ether oxygens (including phenoxy) is 2. The van der Waals surface area contributed by atoms with E-state index in [4.69, 9.17) is 9.47 Å². The normalized spacial score (nSPS) is 10.8. The van der Waals surface area contributed by atoms with Crippen LogP contribution >= 0.6 is 0 Å². The summed E-state index contributed by atoms with van der Waals surface area (Å²) in [4.78, 5) is 12.0. The van der Waals surface area contributed by atoms with Crippen LogP contribution in [0.5, 0.6) is 11.5 Å². The van der Waals surface area contributed by atoms with E-state index in [1.54, 1.807) is 12.3 Å². The largest absolute Gasteiger partial charge is 0.489 e. The first-order valence-electron chi connectivity index (χ1n) is 8.89. The Kier molecular flexibility index (Phi) is 7.62. The Balaban J connectivity index is 1.91. The van der Waals surface area contributed by atoms with Crippen molar-refractivity contribution >= 4 is 12.1 Å². The molecule has 0 saturated carbocycles. The van der Waals surface area contributed by atoms with Crippen LogP contribution in [0.2, 0.25) is 0 Å². The second kappa shape index (κ2) is 10.2. The first kappa shape index (κ1) is 20.2. The molecular weight excluding hydrogens is 340 g/mol. The Hall–Kier alpha value is -3.08. The van der Waals surface area contributed by atoms with Crippen molar-refractivity contribution < 1.29 is 14.3 Å². The molecule has 0 atom stereocenters. The van der Waals surface area contributed by atoms with Gasteiger partial charge in [-0.25, -0.2) is 5.43 Å². The van der Waals surface area contributed by atoms with Crippen LogP contribution in [0, 0.1) is 6.92 Å². The van der Waals surface area contributed by atoms with Crippen molar-refractivity contribution in [2.24, 2.45) is 5.10 Å². The van der Waals surface area contributed by atoms with Crippen molar-refractivity contribution in [3.63, 3.8) is 0 Å². The van der Waals surface area contributed by atoms with Crippen molar-refractivity contribution in [1.82, 2.24) is 5.43 Å². The van der Waals surface area contributed by atoms with Gasteiger partial charge in [0.15, 0.2) is 6.61 Å². The quantitative estimate of drug-likeness (QED) is 0.411. The zero-order chi connectivity index (χ0) is 19.6. The predicted octanol–water partition coefficient (Wildman–Crippen LogP) is 4.21. The molecule has 0 aliphatic carbocycles. The van der Waals surface area contributed by atoms with Crippen LogP contribution in [0.15, 0.2) is 60.2 Å². The van der Waals surface area contributed by atoms with Gasteiger partial charge >= 0.3 is 0 Å². The minimum Gasteiger partial charge on any atom is -0.489 e. The number of nitrogens with zero attached hydrogens (tertiary/aromatic N) is 1. The fourth-order valence-corrected chi connectivity index (χ4v) is 2.35. The average Bonchev–Trinajstić information content (AvgIpc) is 2.66. The number of aryl methyl sites for hydroxylation is 1. The molecule has 0 heterocycles. The third-order valence-electron chi connectivity index (χ3n) is 3.91. The van der Waals surface area contributed by atoms with E-state index in [1.165, 1.54) is 5.56 Å². The molecule has 2 rings (SSSR count). The number of para-hydroxylation sites is 1. The first-order valence-corrected chi connectivity index (χ1v) is 8.89. The molecule has 1 N–H and O–H groups in total. The average molecular weight is 366 g/mol. The molecule has 0 aliphatic rings. The van der Waals surface area contributed by atoms with Gasteiger partial charge in [-0.05, 0) is 42.2 Å². The fourth-order valence-electron chi connectivity index (χ4n) is 2.35. The first-order chi connectivity index (χ1) is 13.0. The van der Waals surface area contributed by atoms with Gasteiger partial charge in [-0.2, -0.15) is 5.10 Å². The Morgan fingerprint density at radius 3 is 2.70 bits per heavy atom. The SMILES string of the molecule is C=CCOc1ccccc1/C=N\NC(=O)COc1cc(C(C)C)ccc1C. The number of benzene rings is 2. The summed E-state index contributed by atoms with van der Waals surface area (Å²) >= 11 is 0. The molecule has 0 aliphatic heterocycles. The maximum atomic E-state index is 12.0. The lowest BCUT2D eigenvalue weighted by atomic mass is 10.0. The molecule has 0 fully saturated rings. The van der Waals surface area contributed by atoms with Crippen molar-refractivity contribution in [3.05, 3.63) is 71.8 Å². The van der Waals surface area contributed by atoms with E-state index in [2.05, 4.69) is 37.0 Å². The predicted molar refractivity (Wildman–Crippen MR) is 109 cm³/mol. The summed E-state index contributed by atoms with van der Waals surface area (Å²) in [6.07, 6.45) is 3.21. The van der Waals surface area contributed by atoms with Gasteiger partial charge in [0.25, 0.3) is 5.91 Å². The molecule has 1 amide bonds. The van der Waals surface area contributed by atoms with Crippen LogP contribution in [0.25, 0.3) is 0 Å². The zero-order valence-corrected chi connectivity index (χ0v) is 16.1. The number of nitrogens with one attached hydrogen (secondary N) is 1. The topological polar surface area (TPSA) is 59.9 Å². The summed E-state index contributed by atoms with van der Waals surface area (Å²) in [5, 5.41) is 3.98. The van der Waals surface area contributed by atoms with Gasteiger partial charge in [0.05, 0.1) is 6.21 Å². The van der Waals surface area contributed by atoms with E-state index in [0.29, 0.717) is 24.0 Å². The maximum Gasteiger partial charge on any atom is 0.277 e. The van der Waals surface area contributed by atoms with Crippen LogP contribution < -0.4 is 14.9 Å². The Labute approximate surface area is 160 Å². The monoisotopic (exact) mass is 366 g/mol. The molecule has 142 valence electrons. The highest BCUT2D eigenvalue weighted by atomic mass is 16.5. The van der Waals surface area contributed by atoms with Gasteiger partial charge in [0, 0.05) is 5.56 Å². The molecule has 5 nitrogen and oxygen atoms in total. The highest BCUT2D eigenvalue weighted by Gasteiger charge is 2.07. The van der Waals surface area contributed by atoms with Crippen molar-refractivity contribution in [2.45, 2.75) is 26.7 Å². The Bertz CT molecular complexity index is 813. The van der Waals surface area contributed by atoms with Gasteiger partial charge in [-0.3, -0.25) is 4.79 Å². The lowest BCUT2D eigenvalue weighted by molar-refractivity contribution is -0.123. The molecule has 5 heteroatoms. The standard InChI is InChI=1S/C22H26N2O3/c1-5-12-26-20-9-7-6-8-19(20)14-23-24-22(25)15-27-21-13-18(16(2)3)11-10-17(21)4/h5-11,13-14,16H,1,12,15H2,2-4H3,(H,24,25)/b23-14-. The van der Waals surface area contributed by atoms with Gasteiger partial charge in [0.1, 0.15) is 18.1 Å². The summed E-state index contributed by atoms with van der Waals surface area (Å²) < 4.78 is 11.2. The van der Waals surface area contributed by atoms with E-state index in [0.717, 1.165) is 11.1 Å². The minimum absolute atomic E-state index is 0.103. The van der Waals surface area contributed by atoms with Gasteiger partial charge in [0.2, 0.25) is 0 Å². The summed E-state index contributed by atoms with van der Waals surface area (Å²) in [7, 11) is 0. The highest BCUT2D eigenvalue weighted by Crippen LogP contribution is 2.24. The number of hydrogen-bond acceptors (Lipinski definition) is 4. The van der Waals surface area contributed by atoms with E-state index in [9.17, 15) is 4.79 Å². The molecular formula is C22H26N2O3. The number of hydrogen-bond donors (Lipinski definition) is 1. The van der Waals surface area contributed by atoms with Crippen molar-refractivity contribution in [2.75, 3.05) is 13.2 Å². The molecule has 0 aromatic heterocycles. The van der Waals surface area contributed by atoms with Crippen LogP contribution in [0.3, 0.4) is 0 Å². The summed E-state index contributed by atoms with van der Waals surface area (Å²) in [6, 6.07) is 13.5. The number of carbonyl (C=O) groups is 1. The molecule has 0 saturated heterocycles. The lowest BCUT2D eigenvalue weighted by Gasteiger charge is -2.12. The van der Waals surface area contributed by atoms with Gasteiger partial charge in [-0.15, -0.1) is 0 Å². The van der Waals surface area contributed by atoms with Crippen LogP contribution in [-0.2, 0) is 4.79 Å². The summed E-state index contributed by atoms with van der Waals surface area (Å²) in [5.74, 6) is 1.45. The van der Waals surface area contributed by atoms with Gasteiger partial charge in [-0.1, -0.05) is 50.8 Å². The molecule has 0 bridgehead atoms. The molecule has 27 heavy (non-hydrogen) atoms. The molecule has 2 aromatic carbocycles. The molecule has 2 aromatic rings. The van der Waals surface area contributed by atoms with E-state index in [-0.39, 0.29) is 12.5 Å². The van der Waals surface area contributed by atoms with Crippen molar-refractivity contribution in [1.29, 1.82) is 0 Å². The molecule has 0 radical (unpaired) electrons. The molecule has 0 spiro atoms. The zero-order valence-electron chi connectivity index (χ0n) is 16.1. The highest BCUT2D eigenvalue weighted by molar-refractivity contribution is 5.85. The van der Waals surface area contributed by atoms with Gasteiger partial charge < -0.3 is 9.47 Å². The van der Waals surface area contributed by atoms with Crippen LogP contribution in [0.1, 0.15) is 36.5 Å². The number of hydrazone groups is 1. The third kappa shape index (κ3) is 6.29. The number of amides is 1. The van der Waals surface area contributed by atoms with E-state index < -0.39 is 0 Å². The Morgan fingerprint density at radius 1 is 1.19 bits per heavy atom. The van der Waals surface area contributed by atoms with Crippen LogP contribution in [-0.4, -0.2) is 25.3 Å². The van der Waals surface area contributed by atoms with E-state index >= 15 is 0 Å². The smallest absolute Gasteiger partial charge is 0.277 e. The second-order valence-electron chi connectivity index (χ2n) is 6.40. The van der Waals surface area contributed by atoms with E-state index in [1.807, 2.05) is 43.3 Å². The fraction of sp³-hybridized carbons (Fsp3) is 0.273. The summed E-state index contributed by atoms with van der Waals surface area (Å²) in [6.45, 7) is 10.1.